The van der Waals surface area contributed by atoms with Gasteiger partial charge in [0.15, 0.2) is 0 Å². The molecule has 1 atom stereocenters. The lowest BCUT2D eigenvalue weighted by atomic mass is 10.2. The molecule has 10 heavy (non-hydrogen) atoms. The van der Waals surface area contributed by atoms with Crippen molar-refractivity contribution in [3.63, 3.8) is 0 Å². The Morgan fingerprint density at radius 3 is 2.40 bits per heavy atom. The highest BCUT2D eigenvalue weighted by molar-refractivity contribution is 5.78. The second-order valence-corrected chi connectivity index (χ2v) is 2.59. The van der Waals surface area contributed by atoms with Gasteiger partial charge in [0.2, 0.25) is 0 Å². The first kappa shape index (κ1) is 9.43. The summed E-state index contributed by atoms with van der Waals surface area (Å²) in [6.45, 7) is 1.96. The van der Waals surface area contributed by atoms with Crippen molar-refractivity contribution in [2.45, 2.75) is 19.4 Å². The van der Waals surface area contributed by atoms with Gasteiger partial charge in [-0.3, -0.25) is 5.41 Å². The van der Waals surface area contributed by atoms with Crippen LogP contribution in [0.2, 0.25) is 0 Å². The van der Waals surface area contributed by atoms with Crippen LogP contribution in [-0.4, -0.2) is 38.0 Å². The quantitative estimate of drug-likeness (QED) is 0.473. The number of methoxy groups -OCH3 is 1. The fraction of sp³-hybridized carbons (Fsp3) is 0.857. The maximum Gasteiger partial charge on any atom is 0.0978 e. The minimum Gasteiger partial charge on any atom is -0.381 e. The molecule has 0 spiro atoms. The number of nitrogens with one attached hydrogen (secondary N) is 1. The zero-order chi connectivity index (χ0) is 8.15. The van der Waals surface area contributed by atoms with Crippen molar-refractivity contribution in [3.8, 4) is 0 Å². The van der Waals surface area contributed by atoms with Gasteiger partial charge in [-0.05, 0) is 6.92 Å². The normalized spacial score (nSPS) is 12.8. The Morgan fingerprint density at radius 1 is 1.60 bits per heavy atom. The molecule has 0 saturated heterocycles. The van der Waals surface area contributed by atoms with Crippen LogP contribution in [-0.2, 0) is 4.74 Å². The van der Waals surface area contributed by atoms with Crippen molar-refractivity contribution in [3.05, 3.63) is 0 Å². The molecule has 0 aliphatic rings. The van der Waals surface area contributed by atoms with Crippen LogP contribution in [0.15, 0.2) is 0 Å². The molecular weight excluding hydrogens is 128 g/mol. The highest BCUT2D eigenvalue weighted by Crippen LogP contribution is 1.97. The summed E-state index contributed by atoms with van der Waals surface area (Å²) in [5, 5.41) is 7.42. The molecule has 0 aliphatic carbocycles. The van der Waals surface area contributed by atoms with E-state index in [4.69, 9.17) is 10.1 Å². The fourth-order valence-corrected chi connectivity index (χ4v) is 0.538. The molecule has 0 amide bonds. The molecule has 0 aromatic rings. The average Bonchev–Trinajstić information content (AvgIpc) is 1.87. The number of rotatable bonds is 3. The predicted molar refractivity (Wildman–Crippen MR) is 42.5 cm³/mol. The minimum atomic E-state index is 0.148. The summed E-state index contributed by atoms with van der Waals surface area (Å²) in [6, 6.07) is 0. The van der Waals surface area contributed by atoms with Crippen LogP contribution in [0.5, 0.6) is 0 Å². The fourth-order valence-electron chi connectivity index (χ4n) is 0.538. The average molecular weight is 144 g/mol. The van der Waals surface area contributed by atoms with Gasteiger partial charge in [-0.2, -0.15) is 0 Å². The largest absolute Gasteiger partial charge is 0.381 e. The monoisotopic (exact) mass is 144 g/mol. The Kier molecular flexibility index (Phi) is 4.03. The van der Waals surface area contributed by atoms with Crippen LogP contribution in [0, 0.1) is 5.41 Å². The lowest BCUT2D eigenvalue weighted by Gasteiger charge is -2.16. The Hall–Kier alpha value is -0.570. The maximum absolute atomic E-state index is 7.42. The van der Waals surface area contributed by atoms with Crippen LogP contribution >= 0.6 is 0 Å². The molecule has 1 unspecified atom stereocenters. The van der Waals surface area contributed by atoms with Gasteiger partial charge < -0.3 is 9.64 Å². The van der Waals surface area contributed by atoms with Crippen LogP contribution < -0.4 is 0 Å². The van der Waals surface area contributed by atoms with Gasteiger partial charge in [-0.1, -0.05) is 0 Å². The molecule has 0 bridgehead atoms. The van der Waals surface area contributed by atoms with E-state index < -0.39 is 0 Å². The molecule has 0 fully saturated rings. The zero-order valence-electron chi connectivity index (χ0n) is 7.14. The van der Waals surface area contributed by atoms with Gasteiger partial charge in [-0.15, -0.1) is 0 Å². The second kappa shape index (κ2) is 4.28. The standard InChI is InChI=1S/C7H16N2O/c1-6(10-4)5-7(8)9(2)3/h6,8H,5H2,1-4H3. The first-order chi connectivity index (χ1) is 4.57. The van der Waals surface area contributed by atoms with E-state index in [0.717, 1.165) is 0 Å². The summed E-state index contributed by atoms with van der Waals surface area (Å²) in [7, 11) is 5.39. The Balaban J connectivity index is 3.57. The van der Waals surface area contributed by atoms with Crippen LogP contribution in [0.25, 0.3) is 0 Å². The summed E-state index contributed by atoms with van der Waals surface area (Å²) >= 11 is 0. The van der Waals surface area contributed by atoms with Crippen molar-refractivity contribution in [2.24, 2.45) is 0 Å². The van der Waals surface area contributed by atoms with Gasteiger partial charge in [-0.25, -0.2) is 0 Å². The summed E-state index contributed by atoms with van der Waals surface area (Å²) in [5.74, 6) is 0.606. The second-order valence-electron chi connectivity index (χ2n) is 2.59. The lowest BCUT2D eigenvalue weighted by Crippen LogP contribution is -2.25. The third kappa shape index (κ3) is 3.45. The molecule has 0 saturated carbocycles. The number of ether oxygens (including phenoxy) is 1. The summed E-state index contributed by atoms with van der Waals surface area (Å²) < 4.78 is 5.00. The maximum atomic E-state index is 7.42. The van der Waals surface area contributed by atoms with Crippen LogP contribution in [0.4, 0.5) is 0 Å². The van der Waals surface area contributed by atoms with Gasteiger partial charge in [0, 0.05) is 27.6 Å². The molecule has 0 aromatic carbocycles. The van der Waals surface area contributed by atoms with E-state index in [9.17, 15) is 0 Å². The molecule has 0 heterocycles. The van der Waals surface area contributed by atoms with E-state index in [1.54, 1.807) is 12.0 Å². The smallest absolute Gasteiger partial charge is 0.0978 e. The molecule has 3 heteroatoms. The van der Waals surface area contributed by atoms with Crippen molar-refractivity contribution < 1.29 is 4.74 Å². The third-order valence-corrected chi connectivity index (χ3v) is 1.42. The topological polar surface area (TPSA) is 36.3 Å². The van der Waals surface area contributed by atoms with E-state index in [1.807, 2.05) is 21.0 Å². The third-order valence-electron chi connectivity index (χ3n) is 1.42. The van der Waals surface area contributed by atoms with E-state index in [1.165, 1.54) is 0 Å². The van der Waals surface area contributed by atoms with Crippen molar-refractivity contribution in [1.82, 2.24) is 4.90 Å². The van der Waals surface area contributed by atoms with Gasteiger partial charge in [0.25, 0.3) is 0 Å². The van der Waals surface area contributed by atoms with Gasteiger partial charge >= 0.3 is 0 Å². The first-order valence-electron chi connectivity index (χ1n) is 3.35. The highest BCUT2D eigenvalue weighted by Gasteiger charge is 2.04. The van der Waals surface area contributed by atoms with Crippen molar-refractivity contribution in [2.75, 3.05) is 21.2 Å². The first-order valence-corrected chi connectivity index (χ1v) is 3.35. The molecule has 0 aliphatic heterocycles. The van der Waals surface area contributed by atoms with E-state index in [2.05, 4.69) is 0 Å². The lowest BCUT2D eigenvalue weighted by molar-refractivity contribution is 0.122. The van der Waals surface area contributed by atoms with E-state index >= 15 is 0 Å². The summed E-state index contributed by atoms with van der Waals surface area (Å²) in [5.41, 5.74) is 0. The van der Waals surface area contributed by atoms with E-state index in [0.29, 0.717) is 12.3 Å². The van der Waals surface area contributed by atoms with Crippen molar-refractivity contribution in [1.29, 1.82) is 5.41 Å². The van der Waals surface area contributed by atoms with Gasteiger partial charge in [0.05, 0.1) is 11.9 Å². The molecule has 3 nitrogen and oxygen atoms in total. The Labute approximate surface area is 62.5 Å². The number of amidine groups is 1. The van der Waals surface area contributed by atoms with Gasteiger partial charge in [0.1, 0.15) is 0 Å². The molecule has 1 N–H and O–H groups in total. The van der Waals surface area contributed by atoms with Crippen molar-refractivity contribution >= 4 is 5.84 Å². The molecular formula is C7H16N2O. The highest BCUT2D eigenvalue weighted by atomic mass is 16.5. The molecule has 60 valence electrons. The predicted octanol–water partition coefficient (Wildman–Crippen LogP) is 0.950. The SMILES string of the molecule is COC(C)CC(=N)N(C)C. The Morgan fingerprint density at radius 2 is 2.10 bits per heavy atom. The minimum absolute atomic E-state index is 0.148. The van der Waals surface area contributed by atoms with Crippen LogP contribution in [0.3, 0.4) is 0 Å². The Bertz CT molecular complexity index is 112. The number of nitrogens with zero attached hydrogens (tertiary/aromatic N) is 1. The summed E-state index contributed by atoms with van der Waals surface area (Å²) in [4.78, 5) is 1.79. The zero-order valence-corrected chi connectivity index (χ0v) is 7.14. The van der Waals surface area contributed by atoms with E-state index in [-0.39, 0.29) is 6.10 Å². The molecule has 0 radical (unpaired) electrons. The molecule has 0 rings (SSSR count). The summed E-state index contributed by atoms with van der Waals surface area (Å²) in [6.07, 6.45) is 0.832. The molecule has 0 aromatic heterocycles. The van der Waals surface area contributed by atoms with Crippen LogP contribution in [0.1, 0.15) is 13.3 Å². The number of hydrogen-bond acceptors (Lipinski definition) is 2. The number of hydrogen-bond donors (Lipinski definition) is 1.